The molecule has 4 rings (SSSR count). The zero-order chi connectivity index (χ0) is 14.2. The van der Waals surface area contributed by atoms with Gasteiger partial charge in [-0.2, -0.15) is 0 Å². The normalized spacial score (nSPS) is 38.2. The van der Waals surface area contributed by atoms with Crippen molar-refractivity contribution in [2.75, 3.05) is 13.1 Å². The average molecular weight is 279 g/mol. The maximum absolute atomic E-state index is 12.1. The third-order valence-corrected chi connectivity index (χ3v) is 5.38. The summed E-state index contributed by atoms with van der Waals surface area (Å²) in [5, 5.41) is 9.65. The van der Waals surface area contributed by atoms with E-state index in [1.165, 1.54) is 38.5 Å². The topological polar surface area (TPSA) is 53.2 Å². The van der Waals surface area contributed by atoms with Gasteiger partial charge in [0.1, 0.15) is 0 Å². The third kappa shape index (κ3) is 3.11. The number of hydrogen-bond donors (Lipinski definition) is 3. The summed E-state index contributed by atoms with van der Waals surface area (Å²) < 4.78 is 0. The molecular weight excluding hydrogens is 250 g/mol. The summed E-state index contributed by atoms with van der Waals surface area (Å²) in [5.41, 5.74) is 0.129. The Hall–Kier alpha value is -0.770. The summed E-state index contributed by atoms with van der Waals surface area (Å²) in [7, 11) is 0. The number of carbonyl (C=O) groups is 1. The fraction of sp³-hybridized carbons (Fsp3) is 0.938. The molecule has 4 aliphatic rings. The van der Waals surface area contributed by atoms with E-state index >= 15 is 0 Å². The quantitative estimate of drug-likeness (QED) is 0.676. The highest BCUT2D eigenvalue weighted by molar-refractivity contribution is 5.74. The van der Waals surface area contributed by atoms with Crippen LogP contribution in [0.4, 0.5) is 4.79 Å². The minimum atomic E-state index is 0.0394. The van der Waals surface area contributed by atoms with E-state index in [0.29, 0.717) is 12.6 Å². The van der Waals surface area contributed by atoms with E-state index in [0.717, 1.165) is 24.3 Å². The summed E-state index contributed by atoms with van der Waals surface area (Å²) >= 11 is 0. The van der Waals surface area contributed by atoms with Crippen LogP contribution in [0.3, 0.4) is 0 Å². The van der Waals surface area contributed by atoms with Gasteiger partial charge in [-0.3, -0.25) is 0 Å². The van der Waals surface area contributed by atoms with Gasteiger partial charge in [0, 0.05) is 24.7 Å². The molecule has 0 aromatic carbocycles. The van der Waals surface area contributed by atoms with Crippen LogP contribution >= 0.6 is 0 Å². The van der Waals surface area contributed by atoms with Crippen LogP contribution in [0, 0.1) is 17.8 Å². The van der Waals surface area contributed by atoms with Crippen LogP contribution in [0.2, 0.25) is 0 Å². The highest BCUT2D eigenvalue weighted by Crippen LogP contribution is 2.55. The van der Waals surface area contributed by atoms with Crippen LogP contribution in [0.5, 0.6) is 0 Å². The number of hydrogen-bond acceptors (Lipinski definition) is 2. The lowest BCUT2D eigenvalue weighted by Gasteiger charge is -2.56. The molecule has 4 heteroatoms. The van der Waals surface area contributed by atoms with E-state index < -0.39 is 0 Å². The van der Waals surface area contributed by atoms with Crippen LogP contribution in [0.15, 0.2) is 0 Å². The molecule has 0 spiro atoms. The summed E-state index contributed by atoms with van der Waals surface area (Å²) in [6.07, 6.45) is 7.91. The second kappa shape index (κ2) is 5.55. The van der Waals surface area contributed by atoms with Crippen molar-refractivity contribution in [3.8, 4) is 0 Å². The van der Waals surface area contributed by atoms with E-state index in [-0.39, 0.29) is 11.6 Å². The lowest BCUT2D eigenvalue weighted by molar-refractivity contribution is -0.0135. The Morgan fingerprint density at radius 2 is 1.60 bits per heavy atom. The molecule has 2 amide bonds. The minimum Gasteiger partial charge on any atom is -0.337 e. The average Bonchev–Trinajstić information content (AvgIpc) is 2.32. The van der Waals surface area contributed by atoms with E-state index in [2.05, 4.69) is 29.8 Å². The molecule has 0 aromatic heterocycles. The van der Waals surface area contributed by atoms with E-state index in [1.807, 2.05) is 0 Å². The first kappa shape index (κ1) is 14.2. The fourth-order valence-corrected chi connectivity index (χ4v) is 5.09. The minimum absolute atomic E-state index is 0.0394. The molecule has 0 radical (unpaired) electrons. The molecule has 4 fully saturated rings. The summed E-state index contributed by atoms with van der Waals surface area (Å²) in [6, 6.07) is 0.514. The molecule has 0 atom stereocenters. The predicted molar refractivity (Wildman–Crippen MR) is 80.6 cm³/mol. The van der Waals surface area contributed by atoms with Crippen LogP contribution < -0.4 is 16.0 Å². The molecule has 0 aromatic rings. The van der Waals surface area contributed by atoms with Gasteiger partial charge in [0.25, 0.3) is 0 Å². The third-order valence-electron chi connectivity index (χ3n) is 5.38. The van der Waals surface area contributed by atoms with Crippen LogP contribution in [0.25, 0.3) is 0 Å². The fourth-order valence-electron chi connectivity index (χ4n) is 5.09. The number of amides is 2. The Balaban J connectivity index is 1.46. The largest absolute Gasteiger partial charge is 0.337 e. The standard InChI is InChI=1S/C16H29N3O/c1-11(2)17-3-4-18-15(20)19-16-8-12-5-13(9-16)7-14(6-12)10-16/h11-14,17H,3-10H2,1-2H3,(H2,18,19,20). The Morgan fingerprint density at radius 1 is 1.05 bits per heavy atom. The van der Waals surface area contributed by atoms with Crippen molar-refractivity contribution in [3.05, 3.63) is 0 Å². The molecule has 0 aliphatic heterocycles. The first-order valence-corrected chi connectivity index (χ1v) is 8.34. The zero-order valence-corrected chi connectivity index (χ0v) is 12.9. The maximum atomic E-state index is 12.1. The van der Waals surface area contributed by atoms with E-state index in [1.54, 1.807) is 0 Å². The summed E-state index contributed by atoms with van der Waals surface area (Å²) in [5.74, 6) is 2.64. The van der Waals surface area contributed by atoms with E-state index in [4.69, 9.17) is 0 Å². The smallest absolute Gasteiger partial charge is 0.315 e. The van der Waals surface area contributed by atoms with E-state index in [9.17, 15) is 4.79 Å². The highest BCUT2D eigenvalue weighted by Gasteiger charge is 2.51. The van der Waals surface area contributed by atoms with Crippen molar-refractivity contribution < 1.29 is 4.79 Å². The molecule has 4 aliphatic carbocycles. The SMILES string of the molecule is CC(C)NCCNC(=O)NC12CC3CC(CC(C3)C1)C2. The van der Waals surface area contributed by atoms with Gasteiger partial charge in [0.2, 0.25) is 0 Å². The number of carbonyl (C=O) groups excluding carboxylic acids is 1. The van der Waals surface area contributed by atoms with Crippen molar-refractivity contribution in [3.63, 3.8) is 0 Å². The van der Waals surface area contributed by atoms with Crippen molar-refractivity contribution in [1.29, 1.82) is 0 Å². The lowest BCUT2D eigenvalue weighted by atomic mass is 9.53. The Labute approximate surface area is 122 Å². The highest BCUT2D eigenvalue weighted by atomic mass is 16.2. The lowest BCUT2D eigenvalue weighted by Crippen LogP contribution is -2.61. The molecule has 114 valence electrons. The second-order valence-electron chi connectivity index (χ2n) is 7.69. The molecule has 20 heavy (non-hydrogen) atoms. The van der Waals surface area contributed by atoms with Gasteiger partial charge >= 0.3 is 6.03 Å². The summed E-state index contributed by atoms with van der Waals surface area (Å²) in [6.45, 7) is 5.79. The molecule has 0 unspecified atom stereocenters. The van der Waals surface area contributed by atoms with Crippen molar-refractivity contribution in [2.45, 2.75) is 64.0 Å². The second-order valence-corrected chi connectivity index (χ2v) is 7.69. The first-order chi connectivity index (χ1) is 9.55. The van der Waals surface area contributed by atoms with Gasteiger partial charge in [-0.25, -0.2) is 4.79 Å². The Morgan fingerprint density at radius 3 is 2.10 bits per heavy atom. The van der Waals surface area contributed by atoms with Gasteiger partial charge in [-0.05, 0) is 56.3 Å². The molecule has 4 nitrogen and oxygen atoms in total. The Kier molecular flexibility index (Phi) is 3.93. The summed E-state index contributed by atoms with van der Waals surface area (Å²) in [4.78, 5) is 12.1. The monoisotopic (exact) mass is 279 g/mol. The van der Waals surface area contributed by atoms with Crippen LogP contribution in [-0.2, 0) is 0 Å². The molecule has 0 heterocycles. The van der Waals surface area contributed by atoms with Gasteiger partial charge in [-0.1, -0.05) is 13.8 Å². The Bertz CT molecular complexity index is 331. The predicted octanol–water partition coefficient (Wildman–Crippen LogP) is 2.25. The first-order valence-electron chi connectivity index (χ1n) is 8.34. The van der Waals surface area contributed by atoms with Crippen LogP contribution in [0.1, 0.15) is 52.4 Å². The van der Waals surface area contributed by atoms with Crippen molar-refractivity contribution in [1.82, 2.24) is 16.0 Å². The maximum Gasteiger partial charge on any atom is 0.315 e. The van der Waals surface area contributed by atoms with Crippen molar-refractivity contribution in [2.24, 2.45) is 17.8 Å². The molecule has 4 bridgehead atoms. The molecule has 0 saturated heterocycles. The number of nitrogens with one attached hydrogen (secondary N) is 3. The zero-order valence-electron chi connectivity index (χ0n) is 12.9. The number of rotatable bonds is 5. The van der Waals surface area contributed by atoms with Gasteiger partial charge in [-0.15, -0.1) is 0 Å². The van der Waals surface area contributed by atoms with Gasteiger partial charge in [0.05, 0.1) is 0 Å². The van der Waals surface area contributed by atoms with Crippen LogP contribution in [-0.4, -0.2) is 30.7 Å². The van der Waals surface area contributed by atoms with Crippen molar-refractivity contribution >= 4 is 6.03 Å². The van der Waals surface area contributed by atoms with Gasteiger partial charge < -0.3 is 16.0 Å². The molecule has 4 saturated carbocycles. The number of urea groups is 1. The van der Waals surface area contributed by atoms with Gasteiger partial charge in [0.15, 0.2) is 0 Å². The molecular formula is C16H29N3O. The molecule has 3 N–H and O–H groups in total.